The van der Waals surface area contributed by atoms with E-state index in [0.717, 1.165) is 18.4 Å². The molecule has 14 heavy (non-hydrogen) atoms. The zero-order chi connectivity index (χ0) is 10.1. The molecular weight excluding hydrogens is 179 g/mol. The van der Waals surface area contributed by atoms with Crippen molar-refractivity contribution < 1.29 is 9.50 Å². The second-order valence-electron chi connectivity index (χ2n) is 3.90. The van der Waals surface area contributed by atoms with Crippen molar-refractivity contribution in [1.29, 1.82) is 0 Å². The fraction of sp³-hybridized carbons (Fsp3) is 0.417. The molecule has 1 fully saturated rings. The molecule has 1 nitrogen and oxygen atoms in total. The van der Waals surface area contributed by atoms with Gasteiger partial charge in [-0.25, -0.2) is 4.39 Å². The first-order valence-electron chi connectivity index (χ1n) is 4.96. The Hall–Kier alpha value is -0.890. The first kappa shape index (κ1) is 9.66. The number of aliphatic hydroxyl groups is 1. The number of hydrogen-bond acceptors (Lipinski definition) is 1. The standard InChI is InChI=1S/C12H14FO/c1-8(7-14)10-3-2-4-11(12(10)13)9-5-6-9/h2-4,8-9,14H,1,5-7H2. The lowest BCUT2D eigenvalue weighted by molar-refractivity contribution is 0.280. The average molecular weight is 193 g/mol. The number of benzene rings is 1. The first-order chi connectivity index (χ1) is 6.74. The lowest BCUT2D eigenvalue weighted by atomic mass is 9.97. The fourth-order valence-electron chi connectivity index (χ4n) is 1.69. The summed E-state index contributed by atoms with van der Waals surface area (Å²) in [6.07, 6.45) is 2.17. The second kappa shape index (κ2) is 3.70. The van der Waals surface area contributed by atoms with Gasteiger partial charge in [0.25, 0.3) is 0 Å². The molecule has 2 rings (SSSR count). The number of hydrogen-bond donors (Lipinski definition) is 1. The molecule has 75 valence electrons. The molecule has 1 unspecified atom stereocenters. The van der Waals surface area contributed by atoms with Gasteiger partial charge in [0.15, 0.2) is 0 Å². The van der Waals surface area contributed by atoms with Crippen LogP contribution in [-0.2, 0) is 0 Å². The fourth-order valence-corrected chi connectivity index (χ4v) is 1.69. The number of halogens is 1. The SMILES string of the molecule is [CH2]C(CO)c1cccc(C2CC2)c1F. The highest BCUT2D eigenvalue weighted by molar-refractivity contribution is 5.33. The lowest BCUT2D eigenvalue weighted by Crippen LogP contribution is -2.04. The van der Waals surface area contributed by atoms with Crippen LogP contribution in [0.4, 0.5) is 4.39 Å². The summed E-state index contributed by atoms with van der Waals surface area (Å²) in [5.74, 6) is -0.112. The van der Waals surface area contributed by atoms with Crippen LogP contribution in [0.1, 0.15) is 35.8 Å². The molecule has 1 atom stereocenters. The Morgan fingerprint density at radius 1 is 1.50 bits per heavy atom. The third-order valence-corrected chi connectivity index (χ3v) is 2.74. The smallest absolute Gasteiger partial charge is 0.130 e. The van der Waals surface area contributed by atoms with E-state index in [1.54, 1.807) is 6.07 Å². The van der Waals surface area contributed by atoms with E-state index in [2.05, 4.69) is 6.92 Å². The topological polar surface area (TPSA) is 20.2 Å². The van der Waals surface area contributed by atoms with Crippen molar-refractivity contribution in [2.24, 2.45) is 0 Å². The van der Waals surface area contributed by atoms with Gasteiger partial charge >= 0.3 is 0 Å². The minimum absolute atomic E-state index is 0.106. The largest absolute Gasteiger partial charge is 0.396 e. The molecule has 1 N–H and O–H groups in total. The van der Waals surface area contributed by atoms with Crippen LogP contribution in [0.3, 0.4) is 0 Å². The highest BCUT2D eigenvalue weighted by atomic mass is 19.1. The van der Waals surface area contributed by atoms with Crippen LogP contribution in [0.25, 0.3) is 0 Å². The third kappa shape index (κ3) is 1.67. The van der Waals surface area contributed by atoms with Gasteiger partial charge in [0, 0.05) is 5.92 Å². The van der Waals surface area contributed by atoms with E-state index in [9.17, 15) is 4.39 Å². The Bertz CT molecular complexity index is 331. The van der Waals surface area contributed by atoms with Crippen LogP contribution in [0.2, 0.25) is 0 Å². The van der Waals surface area contributed by atoms with Gasteiger partial charge in [-0.2, -0.15) is 0 Å². The lowest BCUT2D eigenvalue weighted by Gasteiger charge is -2.11. The molecule has 1 aliphatic rings. The number of rotatable bonds is 3. The summed E-state index contributed by atoms with van der Waals surface area (Å²) in [5, 5.41) is 8.93. The molecule has 0 spiro atoms. The van der Waals surface area contributed by atoms with Crippen molar-refractivity contribution in [2.75, 3.05) is 6.61 Å². The molecule has 1 radical (unpaired) electrons. The maximum absolute atomic E-state index is 13.8. The highest BCUT2D eigenvalue weighted by Gasteiger charge is 2.27. The van der Waals surface area contributed by atoms with E-state index >= 15 is 0 Å². The van der Waals surface area contributed by atoms with Crippen molar-refractivity contribution >= 4 is 0 Å². The molecular formula is C12H14FO. The molecule has 1 aromatic carbocycles. The van der Waals surface area contributed by atoms with Crippen molar-refractivity contribution in [2.45, 2.75) is 24.7 Å². The van der Waals surface area contributed by atoms with Gasteiger partial charge in [-0.15, -0.1) is 0 Å². The number of aliphatic hydroxyl groups excluding tert-OH is 1. The Balaban J connectivity index is 2.35. The third-order valence-electron chi connectivity index (χ3n) is 2.74. The summed E-state index contributed by atoms with van der Waals surface area (Å²) < 4.78 is 13.8. The van der Waals surface area contributed by atoms with Crippen LogP contribution in [0.5, 0.6) is 0 Å². The maximum Gasteiger partial charge on any atom is 0.130 e. The molecule has 0 aliphatic heterocycles. The summed E-state index contributed by atoms with van der Waals surface area (Å²) in [4.78, 5) is 0. The molecule has 0 saturated heterocycles. The van der Waals surface area contributed by atoms with Crippen molar-refractivity contribution in [3.05, 3.63) is 42.1 Å². The van der Waals surface area contributed by atoms with Crippen LogP contribution in [0.15, 0.2) is 18.2 Å². The summed E-state index contributed by atoms with van der Waals surface area (Å²) in [6.45, 7) is 3.61. The maximum atomic E-state index is 13.8. The van der Waals surface area contributed by atoms with Crippen molar-refractivity contribution in [3.8, 4) is 0 Å². The van der Waals surface area contributed by atoms with E-state index in [1.807, 2.05) is 12.1 Å². The quantitative estimate of drug-likeness (QED) is 0.782. The Morgan fingerprint density at radius 3 is 2.79 bits per heavy atom. The van der Waals surface area contributed by atoms with Gasteiger partial charge in [0.05, 0.1) is 6.61 Å². The molecule has 0 amide bonds. The van der Waals surface area contributed by atoms with Crippen LogP contribution < -0.4 is 0 Å². The second-order valence-corrected chi connectivity index (χ2v) is 3.90. The molecule has 1 saturated carbocycles. The minimum atomic E-state index is -0.353. The average Bonchev–Trinajstić information content (AvgIpc) is 3.01. The normalized spacial score (nSPS) is 18.2. The summed E-state index contributed by atoms with van der Waals surface area (Å²) in [5.41, 5.74) is 1.33. The molecule has 1 aliphatic carbocycles. The summed E-state index contributed by atoms with van der Waals surface area (Å²) in [7, 11) is 0. The molecule has 0 heterocycles. The molecule has 0 bridgehead atoms. The molecule has 2 heteroatoms. The minimum Gasteiger partial charge on any atom is -0.396 e. The van der Waals surface area contributed by atoms with Crippen LogP contribution in [0, 0.1) is 12.7 Å². The van der Waals surface area contributed by atoms with Gasteiger partial charge in [0.1, 0.15) is 5.82 Å². The predicted octanol–water partition coefficient (Wildman–Crippen LogP) is 2.61. The van der Waals surface area contributed by atoms with Gasteiger partial charge < -0.3 is 5.11 Å². The van der Waals surface area contributed by atoms with E-state index in [-0.39, 0.29) is 18.3 Å². The van der Waals surface area contributed by atoms with Gasteiger partial charge in [-0.1, -0.05) is 18.2 Å². The predicted molar refractivity (Wildman–Crippen MR) is 53.6 cm³/mol. The summed E-state index contributed by atoms with van der Waals surface area (Å²) >= 11 is 0. The first-order valence-corrected chi connectivity index (χ1v) is 4.96. The van der Waals surface area contributed by atoms with E-state index in [0.29, 0.717) is 11.5 Å². The Labute approximate surface area is 83.6 Å². The van der Waals surface area contributed by atoms with E-state index < -0.39 is 0 Å². The van der Waals surface area contributed by atoms with E-state index in [4.69, 9.17) is 5.11 Å². The molecule has 0 aromatic heterocycles. The van der Waals surface area contributed by atoms with Gasteiger partial charge in [-0.3, -0.25) is 0 Å². The Kier molecular flexibility index (Phi) is 2.55. The monoisotopic (exact) mass is 193 g/mol. The zero-order valence-corrected chi connectivity index (χ0v) is 8.04. The van der Waals surface area contributed by atoms with Gasteiger partial charge in [0.2, 0.25) is 0 Å². The Morgan fingerprint density at radius 2 is 2.21 bits per heavy atom. The van der Waals surface area contributed by atoms with Gasteiger partial charge in [-0.05, 0) is 36.8 Å². The van der Waals surface area contributed by atoms with Crippen LogP contribution in [-0.4, -0.2) is 11.7 Å². The van der Waals surface area contributed by atoms with Crippen molar-refractivity contribution in [1.82, 2.24) is 0 Å². The highest BCUT2D eigenvalue weighted by Crippen LogP contribution is 2.42. The van der Waals surface area contributed by atoms with Crippen LogP contribution >= 0.6 is 0 Å². The van der Waals surface area contributed by atoms with E-state index in [1.165, 1.54) is 0 Å². The zero-order valence-electron chi connectivity index (χ0n) is 8.04. The van der Waals surface area contributed by atoms with Crippen molar-refractivity contribution in [3.63, 3.8) is 0 Å². The molecule has 1 aromatic rings. The summed E-state index contributed by atoms with van der Waals surface area (Å²) in [6, 6.07) is 5.38.